The van der Waals surface area contributed by atoms with E-state index < -0.39 is 42.2 Å². The van der Waals surface area contributed by atoms with E-state index in [1.165, 1.54) is 12.1 Å². The first-order chi connectivity index (χ1) is 8.05. The molecule has 2 unspecified atom stereocenters. The fraction of sp³-hybridized carbons (Fsp3) is 0.250. The smallest absolute Gasteiger partial charge is 0.296 e. The molecule has 0 aliphatic heterocycles. The quantitative estimate of drug-likeness (QED) is 0.540. The van der Waals surface area contributed by atoms with Gasteiger partial charge in [0.15, 0.2) is 0 Å². The van der Waals surface area contributed by atoms with E-state index in [9.17, 15) is 27.0 Å². The van der Waals surface area contributed by atoms with Gasteiger partial charge in [-0.05, 0) is 0 Å². The van der Waals surface area contributed by atoms with Gasteiger partial charge >= 0.3 is 0 Å². The molecule has 1 aromatic rings. The van der Waals surface area contributed by atoms with Crippen molar-refractivity contribution >= 4 is 20.2 Å². The van der Waals surface area contributed by atoms with Crippen LogP contribution in [0, 0.1) is 0 Å². The van der Waals surface area contributed by atoms with E-state index in [1.54, 1.807) is 0 Å². The highest BCUT2D eigenvalue weighted by molar-refractivity contribution is 7.86. The average Bonchev–Trinajstić information content (AvgIpc) is 2.24. The van der Waals surface area contributed by atoms with Gasteiger partial charge in [-0.15, -0.1) is 0 Å². The largest absolute Gasteiger partial charge is 0.371 e. The Morgan fingerprint density at radius 3 is 1.28 bits per heavy atom. The van der Waals surface area contributed by atoms with Crippen molar-refractivity contribution in [1.29, 1.82) is 0 Å². The Morgan fingerprint density at radius 2 is 1.06 bits per heavy atom. The first-order valence-electron chi connectivity index (χ1n) is 4.42. The van der Waals surface area contributed by atoms with Gasteiger partial charge in [0.1, 0.15) is 0 Å². The molecule has 8 nitrogen and oxygen atoms in total. The van der Waals surface area contributed by atoms with Gasteiger partial charge in [0, 0.05) is 11.1 Å². The van der Waals surface area contributed by atoms with Crippen LogP contribution in [0.1, 0.15) is 22.0 Å². The zero-order valence-electron chi connectivity index (χ0n) is 8.70. The van der Waals surface area contributed by atoms with Gasteiger partial charge in [-0.25, -0.2) is 0 Å². The Hall–Kier alpha value is -1.04. The molecule has 0 bridgehead atoms. The third-order valence-corrected chi connectivity index (χ3v) is 3.73. The Kier molecular flexibility index (Phi) is 4.10. The van der Waals surface area contributed by atoms with Crippen molar-refractivity contribution in [3.8, 4) is 0 Å². The van der Waals surface area contributed by atoms with Crippen LogP contribution in [0.25, 0.3) is 0 Å². The number of hydrogen-bond acceptors (Lipinski definition) is 6. The van der Waals surface area contributed by atoms with E-state index in [-0.39, 0.29) is 0 Å². The summed E-state index contributed by atoms with van der Waals surface area (Å²) in [5.41, 5.74) is -5.95. The second kappa shape index (κ2) is 4.91. The molecule has 0 heterocycles. The van der Waals surface area contributed by atoms with Crippen molar-refractivity contribution in [3.05, 3.63) is 35.4 Å². The lowest BCUT2D eigenvalue weighted by molar-refractivity contribution is 0.218. The molecule has 0 aromatic heterocycles. The Morgan fingerprint density at radius 1 is 0.778 bits per heavy atom. The molecule has 102 valence electrons. The van der Waals surface area contributed by atoms with Gasteiger partial charge in [-0.2, -0.15) is 16.8 Å². The van der Waals surface area contributed by atoms with Gasteiger partial charge in [-0.3, -0.25) is 9.11 Å². The summed E-state index contributed by atoms with van der Waals surface area (Å²) in [6.07, 6.45) is 0. The van der Waals surface area contributed by atoms with E-state index in [0.717, 1.165) is 12.1 Å². The van der Waals surface area contributed by atoms with Crippen LogP contribution in [0.4, 0.5) is 0 Å². The highest BCUT2D eigenvalue weighted by atomic mass is 32.2. The summed E-state index contributed by atoms with van der Waals surface area (Å²) in [4.78, 5) is 0. The van der Waals surface area contributed by atoms with Crippen LogP contribution in [-0.2, 0) is 20.2 Å². The standard InChI is InChI=1S/C8H10O8S2/c9-7(17(11,12)13)5-3-1-2-4-6(5)8(10)18(14,15)16/h1-4,7-10H,(H,11,12,13)(H,14,15,16). The van der Waals surface area contributed by atoms with Crippen LogP contribution < -0.4 is 0 Å². The number of rotatable bonds is 4. The summed E-state index contributed by atoms with van der Waals surface area (Å²) in [6, 6.07) is 4.48. The van der Waals surface area contributed by atoms with Crippen LogP contribution in [0.3, 0.4) is 0 Å². The van der Waals surface area contributed by atoms with Crippen molar-refractivity contribution in [3.63, 3.8) is 0 Å². The number of benzene rings is 1. The van der Waals surface area contributed by atoms with E-state index in [2.05, 4.69) is 0 Å². The molecule has 0 saturated carbocycles. The second-order valence-corrected chi connectivity index (χ2v) is 6.32. The molecular formula is C8H10O8S2. The Labute approximate surface area is 103 Å². The SMILES string of the molecule is O=S(=O)(O)C(O)c1ccccc1C(O)S(=O)(=O)O. The normalized spacial score (nSPS) is 16.2. The maximum Gasteiger partial charge on any atom is 0.296 e. The molecule has 10 heteroatoms. The number of hydrogen-bond donors (Lipinski definition) is 4. The minimum atomic E-state index is -4.89. The predicted octanol–water partition coefficient (Wildman–Crippen LogP) is -0.556. The van der Waals surface area contributed by atoms with Gasteiger partial charge in [0.05, 0.1) is 0 Å². The molecule has 0 fully saturated rings. The lowest BCUT2D eigenvalue weighted by atomic mass is 10.1. The van der Waals surface area contributed by atoms with Gasteiger partial charge in [-0.1, -0.05) is 24.3 Å². The fourth-order valence-corrected chi connectivity index (χ4v) is 2.35. The fourth-order valence-electron chi connectivity index (χ4n) is 1.28. The Bertz CT molecular complexity index is 576. The molecule has 2 atom stereocenters. The molecule has 1 aromatic carbocycles. The molecule has 0 saturated heterocycles. The van der Waals surface area contributed by atoms with E-state index in [4.69, 9.17) is 9.11 Å². The minimum absolute atomic E-state index is 0.551. The molecule has 0 spiro atoms. The van der Waals surface area contributed by atoms with Crippen LogP contribution >= 0.6 is 0 Å². The maximum atomic E-state index is 10.8. The van der Waals surface area contributed by atoms with Crippen LogP contribution in [0.5, 0.6) is 0 Å². The van der Waals surface area contributed by atoms with Crippen molar-refractivity contribution in [2.24, 2.45) is 0 Å². The molecule has 0 aliphatic carbocycles. The molecular weight excluding hydrogens is 288 g/mol. The van der Waals surface area contributed by atoms with Crippen LogP contribution in [0.15, 0.2) is 24.3 Å². The third kappa shape index (κ3) is 3.25. The summed E-state index contributed by atoms with van der Waals surface area (Å²) in [5, 5.41) is 18.7. The summed E-state index contributed by atoms with van der Waals surface area (Å²) < 4.78 is 60.4. The summed E-state index contributed by atoms with van der Waals surface area (Å²) in [7, 11) is -9.78. The zero-order valence-corrected chi connectivity index (χ0v) is 10.3. The average molecular weight is 298 g/mol. The van der Waals surface area contributed by atoms with Crippen molar-refractivity contribution in [2.75, 3.05) is 0 Å². The molecule has 0 aliphatic rings. The highest BCUT2D eigenvalue weighted by Gasteiger charge is 2.31. The van der Waals surface area contributed by atoms with Gasteiger partial charge < -0.3 is 10.2 Å². The summed E-state index contributed by atoms with van der Waals surface area (Å²) in [6.45, 7) is 0. The summed E-state index contributed by atoms with van der Waals surface area (Å²) in [5.74, 6) is 0. The van der Waals surface area contributed by atoms with Crippen molar-refractivity contribution in [2.45, 2.75) is 10.9 Å². The van der Waals surface area contributed by atoms with Crippen LogP contribution in [0.2, 0.25) is 0 Å². The topological polar surface area (TPSA) is 149 Å². The molecule has 18 heavy (non-hydrogen) atoms. The van der Waals surface area contributed by atoms with Gasteiger partial charge in [0.2, 0.25) is 10.9 Å². The first-order valence-corrected chi connectivity index (χ1v) is 7.43. The summed E-state index contributed by atoms with van der Waals surface area (Å²) >= 11 is 0. The molecule has 0 amide bonds. The minimum Gasteiger partial charge on any atom is -0.371 e. The second-order valence-electron chi connectivity index (χ2n) is 3.36. The maximum absolute atomic E-state index is 10.8. The monoisotopic (exact) mass is 298 g/mol. The van der Waals surface area contributed by atoms with E-state index >= 15 is 0 Å². The first kappa shape index (κ1) is 15.0. The highest BCUT2D eigenvalue weighted by Crippen LogP contribution is 2.29. The van der Waals surface area contributed by atoms with Crippen LogP contribution in [-0.4, -0.2) is 36.2 Å². The Balaban J connectivity index is 3.41. The third-order valence-electron chi connectivity index (χ3n) is 2.09. The molecule has 1 rings (SSSR count). The number of aliphatic hydroxyl groups excluding tert-OH is 2. The van der Waals surface area contributed by atoms with Crippen molar-refractivity contribution in [1.82, 2.24) is 0 Å². The molecule has 0 radical (unpaired) electrons. The number of aliphatic hydroxyl groups is 2. The lowest BCUT2D eigenvalue weighted by Crippen LogP contribution is -2.18. The van der Waals surface area contributed by atoms with E-state index in [0.29, 0.717) is 0 Å². The zero-order chi connectivity index (χ0) is 14.1. The van der Waals surface area contributed by atoms with E-state index in [1.807, 2.05) is 0 Å². The van der Waals surface area contributed by atoms with Gasteiger partial charge in [0.25, 0.3) is 20.2 Å². The molecule has 4 N–H and O–H groups in total. The predicted molar refractivity (Wildman–Crippen MR) is 59.5 cm³/mol. The van der Waals surface area contributed by atoms with Crippen molar-refractivity contribution < 1.29 is 36.2 Å². The lowest BCUT2D eigenvalue weighted by Gasteiger charge is -2.15.